The normalized spacial score (nSPS) is 17.3. The number of nitrogens with zero attached hydrogens (tertiary/aromatic N) is 2. The minimum absolute atomic E-state index is 0.574. The van der Waals surface area contributed by atoms with Crippen molar-refractivity contribution in [3.8, 4) is 0 Å². The zero-order chi connectivity index (χ0) is 6.97. The molecule has 0 aromatic carbocycles. The number of hydrogen-bond acceptors (Lipinski definition) is 2. The number of rotatable bonds is 1. The van der Waals surface area contributed by atoms with E-state index in [4.69, 9.17) is 11.6 Å². The standard InChI is InChI=1S/C7H7ClN2/c8-7-6(5-1-2-5)9-3-4-10-7/h3-5H,1-2H2. The average molecular weight is 155 g/mol. The summed E-state index contributed by atoms with van der Waals surface area (Å²) in [6.45, 7) is 0. The highest BCUT2D eigenvalue weighted by Gasteiger charge is 2.27. The van der Waals surface area contributed by atoms with E-state index >= 15 is 0 Å². The summed E-state index contributed by atoms with van der Waals surface area (Å²) < 4.78 is 0. The molecule has 1 heterocycles. The SMILES string of the molecule is Clc1nccnc1C1CC1. The molecule has 10 heavy (non-hydrogen) atoms. The highest BCUT2D eigenvalue weighted by Crippen LogP contribution is 2.40. The van der Waals surface area contributed by atoms with Crippen LogP contribution >= 0.6 is 11.6 Å². The lowest BCUT2D eigenvalue weighted by atomic mass is 10.3. The van der Waals surface area contributed by atoms with Crippen LogP contribution in [0.3, 0.4) is 0 Å². The summed E-state index contributed by atoms with van der Waals surface area (Å²) in [7, 11) is 0. The third-order valence-corrected chi connectivity index (χ3v) is 1.93. The summed E-state index contributed by atoms with van der Waals surface area (Å²) in [6, 6.07) is 0. The molecule has 1 aliphatic rings. The summed E-state index contributed by atoms with van der Waals surface area (Å²) in [5, 5.41) is 0.574. The van der Waals surface area contributed by atoms with E-state index in [-0.39, 0.29) is 0 Å². The molecule has 1 aromatic heterocycles. The van der Waals surface area contributed by atoms with E-state index in [0.29, 0.717) is 11.1 Å². The Bertz CT molecular complexity index is 245. The lowest BCUT2D eigenvalue weighted by Gasteiger charge is -1.95. The monoisotopic (exact) mass is 154 g/mol. The third kappa shape index (κ3) is 0.991. The number of halogens is 1. The Balaban J connectivity index is 2.39. The Morgan fingerprint density at radius 1 is 1.30 bits per heavy atom. The molecule has 0 atom stereocenters. The van der Waals surface area contributed by atoms with Gasteiger partial charge in [-0.1, -0.05) is 11.6 Å². The number of hydrogen-bond donors (Lipinski definition) is 0. The van der Waals surface area contributed by atoms with Crippen LogP contribution in [-0.2, 0) is 0 Å². The second-order valence-corrected chi connectivity index (χ2v) is 2.86. The molecule has 0 saturated heterocycles. The van der Waals surface area contributed by atoms with Gasteiger partial charge >= 0.3 is 0 Å². The van der Waals surface area contributed by atoms with Crippen LogP contribution in [0.25, 0.3) is 0 Å². The van der Waals surface area contributed by atoms with Gasteiger partial charge in [0.1, 0.15) is 0 Å². The Labute approximate surface area is 64.3 Å². The number of aromatic nitrogens is 2. The van der Waals surface area contributed by atoms with Crippen molar-refractivity contribution in [3.05, 3.63) is 23.2 Å². The molecule has 0 amide bonds. The van der Waals surface area contributed by atoms with Crippen molar-refractivity contribution in [1.82, 2.24) is 9.97 Å². The van der Waals surface area contributed by atoms with Gasteiger partial charge in [-0.2, -0.15) is 0 Å². The van der Waals surface area contributed by atoms with E-state index in [1.54, 1.807) is 12.4 Å². The molecule has 0 N–H and O–H groups in total. The predicted molar refractivity (Wildman–Crippen MR) is 39.0 cm³/mol. The van der Waals surface area contributed by atoms with Crippen LogP contribution in [-0.4, -0.2) is 9.97 Å². The lowest BCUT2D eigenvalue weighted by molar-refractivity contribution is 0.988. The molecule has 3 heteroatoms. The lowest BCUT2D eigenvalue weighted by Crippen LogP contribution is -1.88. The van der Waals surface area contributed by atoms with Gasteiger partial charge in [-0.05, 0) is 12.8 Å². The van der Waals surface area contributed by atoms with Gasteiger partial charge in [0.15, 0.2) is 5.15 Å². The molecule has 2 nitrogen and oxygen atoms in total. The zero-order valence-electron chi connectivity index (χ0n) is 5.42. The topological polar surface area (TPSA) is 25.8 Å². The highest BCUT2D eigenvalue weighted by molar-refractivity contribution is 6.30. The molecule has 0 spiro atoms. The van der Waals surface area contributed by atoms with E-state index in [9.17, 15) is 0 Å². The third-order valence-electron chi connectivity index (χ3n) is 1.64. The predicted octanol–water partition coefficient (Wildman–Crippen LogP) is 2.01. The zero-order valence-corrected chi connectivity index (χ0v) is 6.17. The van der Waals surface area contributed by atoms with Crippen molar-refractivity contribution in [2.75, 3.05) is 0 Å². The molecule has 1 aliphatic carbocycles. The van der Waals surface area contributed by atoms with Crippen molar-refractivity contribution in [2.45, 2.75) is 18.8 Å². The minimum Gasteiger partial charge on any atom is -0.256 e. The van der Waals surface area contributed by atoms with Gasteiger partial charge in [0.25, 0.3) is 0 Å². The van der Waals surface area contributed by atoms with Gasteiger partial charge in [-0.3, -0.25) is 4.98 Å². The first-order chi connectivity index (χ1) is 4.88. The minimum atomic E-state index is 0.574. The highest BCUT2D eigenvalue weighted by atomic mass is 35.5. The Hall–Kier alpha value is -0.630. The van der Waals surface area contributed by atoms with Gasteiger partial charge in [0.05, 0.1) is 5.69 Å². The van der Waals surface area contributed by atoms with E-state index in [1.807, 2.05) is 0 Å². The summed E-state index contributed by atoms with van der Waals surface area (Å²) in [5.41, 5.74) is 0.976. The van der Waals surface area contributed by atoms with Crippen LogP contribution in [0, 0.1) is 0 Å². The van der Waals surface area contributed by atoms with Gasteiger partial charge in [-0.25, -0.2) is 4.98 Å². The first-order valence-electron chi connectivity index (χ1n) is 3.34. The van der Waals surface area contributed by atoms with Gasteiger partial charge < -0.3 is 0 Å². The van der Waals surface area contributed by atoms with Crippen LogP contribution in [0.15, 0.2) is 12.4 Å². The second kappa shape index (κ2) is 2.20. The summed E-state index contributed by atoms with van der Waals surface area (Å²) in [4.78, 5) is 8.09. The van der Waals surface area contributed by atoms with Crippen LogP contribution in [0.2, 0.25) is 5.15 Å². The quantitative estimate of drug-likeness (QED) is 0.619. The van der Waals surface area contributed by atoms with Crippen LogP contribution in [0.4, 0.5) is 0 Å². The van der Waals surface area contributed by atoms with Gasteiger partial charge in [-0.15, -0.1) is 0 Å². The molecule has 1 saturated carbocycles. The molecule has 2 rings (SSSR count). The van der Waals surface area contributed by atoms with E-state index < -0.39 is 0 Å². The summed E-state index contributed by atoms with van der Waals surface area (Å²) >= 11 is 5.79. The van der Waals surface area contributed by atoms with Crippen LogP contribution in [0.1, 0.15) is 24.5 Å². The molecular formula is C7H7ClN2. The van der Waals surface area contributed by atoms with E-state index in [0.717, 1.165) is 5.69 Å². The van der Waals surface area contributed by atoms with E-state index in [2.05, 4.69) is 9.97 Å². The van der Waals surface area contributed by atoms with Crippen molar-refractivity contribution in [3.63, 3.8) is 0 Å². The fraction of sp³-hybridized carbons (Fsp3) is 0.429. The maximum Gasteiger partial charge on any atom is 0.150 e. The maximum atomic E-state index is 5.79. The molecular weight excluding hydrogens is 148 g/mol. The van der Waals surface area contributed by atoms with E-state index in [1.165, 1.54) is 12.8 Å². The van der Waals surface area contributed by atoms with Gasteiger partial charge in [0, 0.05) is 18.3 Å². The second-order valence-electron chi connectivity index (χ2n) is 2.51. The average Bonchev–Trinajstić information content (AvgIpc) is 2.71. The Kier molecular flexibility index (Phi) is 1.34. The van der Waals surface area contributed by atoms with Crippen molar-refractivity contribution in [2.24, 2.45) is 0 Å². The Morgan fingerprint density at radius 3 is 2.60 bits per heavy atom. The summed E-state index contributed by atoms with van der Waals surface area (Å²) in [6.07, 6.45) is 5.75. The van der Waals surface area contributed by atoms with Crippen LogP contribution < -0.4 is 0 Å². The molecule has 0 radical (unpaired) electrons. The first kappa shape index (κ1) is 6.10. The molecule has 0 bridgehead atoms. The fourth-order valence-electron chi connectivity index (χ4n) is 0.962. The Morgan fingerprint density at radius 2 is 2.00 bits per heavy atom. The van der Waals surface area contributed by atoms with Crippen LogP contribution in [0.5, 0.6) is 0 Å². The molecule has 52 valence electrons. The van der Waals surface area contributed by atoms with Crippen molar-refractivity contribution in [1.29, 1.82) is 0 Å². The maximum absolute atomic E-state index is 5.79. The largest absolute Gasteiger partial charge is 0.256 e. The molecule has 1 fully saturated rings. The summed E-state index contributed by atoms with van der Waals surface area (Å²) in [5.74, 6) is 0.598. The van der Waals surface area contributed by atoms with Gasteiger partial charge in [0.2, 0.25) is 0 Å². The molecule has 0 unspecified atom stereocenters. The van der Waals surface area contributed by atoms with Crippen molar-refractivity contribution >= 4 is 11.6 Å². The van der Waals surface area contributed by atoms with Crippen molar-refractivity contribution < 1.29 is 0 Å². The smallest absolute Gasteiger partial charge is 0.150 e. The molecule has 0 aliphatic heterocycles. The first-order valence-corrected chi connectivity index (χ1v) is 3.72. The fourth-order valence-corrected chi connectivity index (χ4v) is 1.22. The molecule has 1 aromatic rings.